The Morgan fingerprint density at radius 3 is 2.71 bits per heavy atom. The van der Waals surface area contributed by atoms with Crippen LogP contribution in [0.2, 0.25) is 0 Å². The molecule has 1 aliphatic rings. The molecule has 0 aliphatic heterocycles. The molecule has 0 saturated heterocycles. The fourth-order valence-corrected chi connectivity index (χ4v) is 1.80. The van der Waals surface area contributed by atoms with E-state index in [9.17, 15) is 18.0 Å². The quantitative estimate of drug-likeness (QED) is 0.562. The van der Waals surface area contributed by atoms with Crippen molar-refractivity contribution in [2.75, 3.05) is 13.1 Å². The number of carboxylic acids is 1. The number of carbonyl (C=O) groups is 1. The van der Waals surface area contributed by atoms with Gasteiger partial charge in [0.2, 0.25) is 0 Å². The summed E-state index contributed by atoms with van der Waals surface area (Å²) in [5.41, 5.74) is 1.25. The van der Waals surface area contributed by atoms with Crippen molar-refractivity contribution in [3.8, 4) is 0 Å². The van der Waals surface area contributed by atoms with Gasteiger partial charge in [-0.15, -0.1) is 0 Å². The summed E-state index contributed by atoms with van der Waals surface area (Å²) >= 11 is 0. The van der Waals surface area contributed by atoms with Crippen molar-refractivity contribution in [2.24, 2.45) is 5.92 Å². The first-order chi connectivity index (χ1) is 7.91. The molecule has 1 rings (SSSR count). The van der Waals surface area contributed by atoms with Crippen LogP contribution in [0.5, 0.6) is 0 Å². The fraction of sp³-hybridized carbons (Fsp3) is 0.727. The molecule has 0 saturated carbocycles. The maximum atomic E-state index is 12.3. The average molecular weight is 251 g/mol. The second-order valence-electron chi connectivity index (χ2n) is 4.14. The van der Waals surface area contributed by atoms with E-state index in [4.69, 9.17) is 5.11 Å². The van der Waals surface area contributed by atoms with E-state index in [1.807, 2.05) is 0 Å². The van der Waals surface area contributed by atoms with E-state index in [1.54, 1.807) is 0 Å². The Balaban J connectivity index is 2.25. The standard InChI is InChI=1S/C11H16F3NO2/c12-11(13,14)9(10(16)17)7-15-6-5-8-3-1-2-4-8/h3,9,15H,1-2,4-7H2,(H,16,17). The number of rotatable bonds is 6. The van der Waals surface area contributed by atoms with Crippen LogP contribution in [0.3, 0.4) is 0 Å². The van der Waals surface area contributed by atoms with Crippen molar-refractivity contribution in [1.82, 2.24) is 5.32 Å². The highest BCUT2D eigenvalue weighted by Gasteiger charge is 2.44. The van der Waals surface area contributed by atoms with Crippen molar-refractivity contribution in [2.45, 2.75) is 31.9 Å². The van der Waals surface area contributed by atoms with E-state index in [2.05, 4.69) is 11.4 Å². The first-order valence-corrected chi connectivity index (χ1v) is 5.59. The topological polar surface area (TPSA) is 49.3 Å². The Kier molecular flexibility index (Phi) is 4.99. The minimum atomic E-state index is -4.69. The van der Waals surface area contributed by atoms with E-state index >= 15 is 0 Å². The van der Waals surface area contributed by atoms with Gasteiger partial charge in [-0.25, -0.2) is 0 Å². The highest BCUT2D eigenvalue weighted by Crippen LogP contribution is 2.26. The van der Waals surface area contributed by atoms with Crippen LogP contribution < -0.4 is 5.32 Å². The minimum absolute atomic E-state index is 0.395. The highest BCUT2D eigenvalue weighted by molar-refractivity contribution is 5.71. The van der Waals surface area contributed by atoms with Gasteiger partial charge < -0.3 is 10.4 Å². The Hall–Kier alpha value is -1.04. The SMILES string of the molecule is O=C(O)C(CNCCC1=CCCC1)C(F)(F)F. The minimum Gasteiger partial charge on any atom is -0.481 e. The lowest BCUT2D eigenvalue weighted by molar-refractivity contribution is -0.192. The van der Waals surface area contributed by atoms with Gasteiger partial charge in [0.05, 0.1) is 0 Å². The molecule has 17 heavy (non-hydrogen) atoms. The lowest BCUT2D eigenvalue weighted by Gasteiger charge is -2.16. The van der Waals surface area contributed by atoms with E-state index in [0.29, 0.717) is 13.0 Å². The summed E-state index contributed by atoms with van der Waals surface area (Å²) in [5, 5.41) is 11.0. The van der Waals surface area contributed by atoms with Gasteiger partial charge >= 0.3 is 12.1 Å². The maximum absolute atomic E-state index is 12.3. The molecule has 1 atom stereocenters. The average Bonchev–Trinajstić information content (AvgIpc) is 2.67. The molecular weight excluding hydrogens is 235 g/mol. The second-order valence-corrected chi connectivity index (χ2v) is 4.14. The Morgan fingerprint density at radius 2 is 2.24 bits per heavy atom. The zero-order valence-corrected chi connectivity index (χ0v) is 9.39. The predicted octanol–water partition coefficient (Wildman–Crippen LogP) is 2.34. The fourth-order valence-electron chi connectivity index (χ4n) is 1.80. The molecule has 0 spiro atoms. The van der Waals surface area contributed by atoms with Crippen LogP contribution >= 0.6 is 0 Å². The molecule has 0 aromatic carbocycles. The first-order valence-electron chi connectivity index (χ1n) is 5.59. The third-order valence-electron chi connectivity index (χ3n) is 2.80. The van der Waals surface area contributed by atoms with E-state index in [-0.39, 0.29) is 0 Å². The molecule has 0 aromatic rings. The molecule has 0 heterocycles. The molecule has 3 nitrogen and oxygen atoms in total. The van der Waals surface area contributed by atoms with E-state index in [1.165, 1.54) is 5.57 Å². The van der Waals surface area contributed by atoms with Crippen molar-refractivity contribution in [3.05, 3.63) is 11.6 Å². The molecular formula is C11H16F3NO2. The van der Waals surface area contributed by atoms with Crippen LogP contribution in [0.4, 0.5) is 13.2 Å². The van der Waals surface area contributed by atoms with Gasteiger partial charge in [0.15, 0.2) is 5.92 Å². The smallest absolute Gasteiger partial charge is 0.403 e. The van der Waals surface area contributed by atoms with Crippen molar-refractivity contribution in [3.63, 3.8) is 0 Å². The van der Waals surface area contributed by atoms with Gasteiger partial charge in [-0.3, -0.25) is 4.79 Å². The second kappa shape index (κ2) is 6.05. The van der Waals surface area contributed by atoms with E-state index < -0.39 is 24.6 Å². The van der Waals surface area contributed by atoms with Crippen LogP contribution in [-0.2, 0) is 4.79 Å². The van der Waals surface area contributed by atoms with Crippen molar-refractivity contribution in [1.29, 1.82) is 0 Å². The molecule has 0 aromatic heterocycles. The number of halogens is 3. The zero-order valence-electron chi connectivity index (χ0n) is 9.39. The van der Waals surface area contributed by atoms with Gasteiger partial charge in [-0.2, -0.15) is 13.2 Å². The summed E-state index contributed by atoms with van der Waals surface area (Å²) < 4.78 is 36.8. The maximum Gasteiger partial charge on any atom is 0.403 e. The normalized spacial score (nSPS) is 17.9. The van der Waals surface area contributed by atoms with Crippen molar-refractivity contribution < 1.29 is 23.1 Å². The number of nitrogens with one attached hydrogen (secondary N) is 1. The summed E-state index contributed by atoms with van der Waals surface area (Å²) in [7, 11) is 0. The number of alkyl halides is 3. The van der Waals surface area contributed by atoms with Gasteiger partial charge in [-0.05, 0) is 32.2 Å². The molecule has 1 aliphatic carbocycles. The van der Waals surface area contributed by atoms with E-state index in [0.717, 1.165) is 19.3 Å². The summed E-state index contributed by atoms with van der Waals surface area (Å²) in [5.74, 6) is -4.15. The number of hydrogen-bond donors (Lipinski definition) is 2. The van der Waals surface area contributed by atoms with Crippen LogP contribution in [0, 0.1) is 5.92 Å². The van der Waals surface area contributed by atoms with Gasteiger partial charge in [-0.1, -0.05) is 11.6 Å². The summed E-state index contributed by atoms with van der Waals surface area (Å²) in [4.78, 5) is 10.4. The summed E-state index contributed by atoms with van der Waals surface area (Å²) in [6.07, 6.45) is 1.25. The Bertz CT molecular complexity index is 300. The van der Waals surface area contributed by atoms with Crippen LogP contribution in [0.15, 0.2) is 11.6 Å². The zero-order chi connectivity index (χ0) is 12.9. The number of carboxylic acid groups (broad SMARTS) is 1. The van der Waals surface area contributed by atoms with Crippen molar-refractivity contribution >= 4 is 5.97 Å². The lowest BCUT2D eigenvalue weighted by atomic mass is 10.1. The number of hydrogen-bond acceptors (Lipinski definition) is 2. The Labute approximate surface area is 97.7 Å². The Morgan fingerprint density at radius 1 is 1.53 bits per heavy atom. The van der Waals surface area contributed by atoms with Gasteiger partial charge in [0, 0.05) is 6.54 Å². The van der Waals surface area contributed by atoms with Gasteiger partial charge in [0.25, 0.3) is 0 Å². The molecule has 98 valence electrons. The third kappa shape index (κ3) is 4.77. The molecule has 6 heteroatoms. The first kappa shape index (κ1) is 14.0. The molecule has 2 N–H and O–H groups in total. The predicted molar refractivity (Wildman–Crippen MR) is 56.6 cm³/mol. The largest absolute Gasteiger partial charge is 0.481 e. The van der Waals surface area contributed by atoms with Crippen LogP contribution in [-0.4, -0.2) is 30.3 Å². The third-order valence-corrected chi connectivity index (χ3v) is 2.80. The molecule has 0 bridgehead atoms. The van der Waals surface area contributed by atoms with Gasteiger partial charge in [0.1, 0.15) is 0 Å². The molecule has 0 fully saturated rings. The lowest BCUT2D eigenvalue weighted by Crippen LogP contribution is -2.39. The molecule has 1 unspecified atom stereocenters. The molecule has 0 radical (unpaired) electrons. The van der Waals surface area contributed by atoms with Crippen LogP contribution in [0.1, 0.15) is 25.7 Å². The summed E-state index contributed by atoms with van der Waals surface area (Å²) in [6.45, 7) is -0.169. The number of aliphatic carboxylic acids is 1. The highest BCUT2D eigenvalue weighted by atomic mass is 19.4. The van der Waals surface area contributed by atoms with Crippen LogP contribution in [0.25, 0.3) is 0 Å². The monoisotopic (exact) mass is 251 g/mol. The molecule has 0 amide bonds. The number of allylic oxidation sites excluding steroid dienone is 1. The summed E-state index contributed by atoms with van der Waals surface area (Å²) in [6, 6.07) is 0.